The van der Waals surface area contributed by atoms with E-state index < -0.39 is 0 Å². The van der Waals surface area contributed by atoms with E-state index in [-0.39, 0.29) is 0 Å². The lowest BCUT2D eigenvalue weighted by Gasteiger charge is -2.16. The molecule has 19 heavy (non-hydrogen) atoms. The Morgan fingerprint density at radius 3 is 2.32 bits per heavy atom. The highest BCUT2D eigenvalue weighted by Gasteiger charge is 2.14. The monoisotopic (exact) mass is 273 g/mol. The first-order chi connectivity index (χ1) is 9.19. The van der Waals surface area contributed by atoms with Gasteiger partial charge in [0.1, 0.15) is 0 Å². The molecule has 0 saturated heterocycles. The van der Waals surface area contributed by atoms with Crippen molar-refractivity contribution < 1.29 is 0 Å². The predicted octanol–water partition coefficient (Wildman–Crippen LogP) is 3.15. The molecule has 0 aliphatic heterocycles. The van der Waals surface area contributed by atoms with Gasteiger partial charge >= 0.3 is 0 Å². The molecule has 0 spiro atoms. The molecule has 2 aromatic rings. The largest absolute Gasteiger partial charge is 0.318 e. The Morgan fingerprint density at radius 1 is 1.11 bits per heavy atom. The van der Waals surface area contributed by atoms with E-state index in [1.165, 1.54) is 5.56 Å². The normalized spacial score (nSPS) is 12.4. The number of nitrogens with one attached hydrogen (secondary N) is 1. The summed E-state index contributed by atoms with van der Waals surface area (Å²) < 4.78 is 0. The second-order valence-electron chi connectivity index (χ2n) is 4.51. The molecule has 2 rings (SSSR count). The van der Waals surface area contributed by atoms with Crippen molar-refractivity contribution in [1.29, 1.82) is 0 Å². The van der Waals surface area contributed by atoms with Crippen LogP contribution in [0.5, 0.6) is 0 Å². The summed E-state index contributed by atoms with van der Waals surface area (Å²) in [5.74, 6) is 0. The summed E-state index contributed by atoms with van der Waals surface area (Å²) >= 11 is 1.71. The van der Waals surface area contributed by atoms with Crippen molar-refractivity contribution in [3.05, 3.63) is 53.3 Å². The molecular weight excluding hydrogens is 254 g/mol. The van der Waals surface area contributed by atoms with Crippen LogP contribution < -0.4 is 5.32 Å². The van der Waals surface area contributed by atoms with Crippen molar-refractivity contribution in [2.45, 2.75) is 24.3 Å². The fourth-order valence-corrected chi connectivity index (χ4v) is 3.15. The zero-order valence-electron chi connectivity index (χ0n) is 11.6. The smallest absolute Gasteiger partial charge is 0.188 e. The Labute approximate surface area is 118 Å². The molecule has 0 amide bonds. The Bertz CT molecular complexity index is 508. The van der Waals surface area contributed by atoms with Gasteiger partial charge in [0.2, 0.25) is 0 Å². The van der Waals surface area contributed by atoms with Crippen LogP contribution in [0.15, 0.2) is 41.6 Å². The molecule has 0 saturated carbocycles. The minimum absolute atomic E-state index is 0.326. The topological polar surface area (TPSA) is 37.8 Å². The van der Waals surface area contributed by atoms with Crippen molar-refractivity contribution in [2.75, 3.05) is 13.6 Å². The third-order valence-corrected chi connectivity index (χ3v) is 3.89. The zero-order valence-corrected chi connectivity index (χ0v) is 12.4. The molecule has 1 atom stereocenters. The lowest BCUT2D eigenvalue weighted by molar-refractivity contribution is 0.772. The van der Waals surface area contributed by atoms with Gasteiger partial charge in [-0.25, -0.2) is 9.97 Å². The first kappa shape index (κ1) is 14.0. The van der Waals surface area contributed by atoms with Crippen LogP contribution in [0.2, 0.25) is 0 Å². The van der Waals surface area contributed by atoms with Crippen molar-refractivity contribution >= 4 is 11.8 Å². The molecule has 100 valence electrons. The van der Waals surface area contributed by atoms with Gasteiger partial charge in [0, 0.05) is 23.2 Å². The molecule has 1 N–H and O–H groups in total. The van der Waals surface area contributed by atoms with Crippen LogP contribution >= 0.6 is 11.8 Å². The van der Waals surface area contributed by atoms with Gasteiger partial charge in [0.05, 0.1) is 0 Å². The average Bonchev–Trinajstić information content (AvgIpc) is 2.38. The Balaban J connectivity index is 2.21. The predicted molar refractivity (Wildman–Crippen MR) is 80.5 cm³/mol. The van der Waals surface area contributed by atoms with Gasteiger partial charge in [-0.05, 0) is 32.5 Å². The third kappa shape index (κ3) is 4.04. The number of hydrogen-bond acceptors (Lipinski definition) is 4. The number of thioether (sulfide) groups is 1. The number of nitrogens with zero attached hydrogens (tertiary/aromatic N) is 2. The van der Waals surface area contributed by atoms with E-state index in [1.807, 2.05) is 33.0 Å². The molecular formula is C15H19N3S. The highest BCUT2D eigenvalue weighted by Crippen LogP contribution is 2.32. The maximum atomic E-state index is 4.51. The van der Waals surface area contributed by atoms with E-state index in [0.717, 1.165) is 23.1 Å². The average molecular weight is 273 g/mol. The van der Waals surface area contributed by atoms with Crippen LogP contribution in [0.1, 0.15) is 22.2 Å². The quantitative estimate of drug-likeness (QED) is 0.671. The third-order valence-electron chi connectivity index (χ3n) is 2.77. The maximum absolute atomic E-state index is 4.51. The van der Waals surface area contributed by atoms with Crippen molar-refractivity contribution in [2.24, 2.45) is 0 Å². The number of aromatic nitrogens is 2. The minimum atomic E-state index is 0.326. The number of benzene rings is 1. The van der Waals surface area contributed by atoms with Crippen LogP contribution in [0.3, 0.4) is 0 Å². The molecule has 0 radical (unpaired) electrons. The number of likely N-dealkylation sites (N-methyl/N-ethyl adjacent to an activating group) is 1. The molecule has 0 aliphatic rings. The minimum Gasteiger partial charge on any atom is -0.318 e. The fraction of sp³-hybridized carbons (Fsp3) is 0.333. The highest BCUT2D eigenvalue weighted by molar-refractivity contribution is 7.99. The Morgan fingerprint density at radius 2 is 1.74 bits per heavy atom. The molecule has 0 fully saturated rings. The summed E-state index contributed by atoms with van der Waals surface area (Å²) in [6.07, 6.45) is 0. The fourth-order valence-electron chi connectivity index (χ4n) is 1.95. The second-order valence-corrected chi connectivity index (χ2v) is 5.68. The summed E-state index contributed by atoms with van der Waals surface area (Å²) in [5.41, 5.74) is 3.34. The highest BCUT2D eigenvalue weighted by atomic mass is 32.2. The van der Waals surface area contributed by atoms with E-state index in [2.05, 4.69) is 39.6 Å². The molecule has 1 unspecified atom stereocenters. The molecule has 0 aliphatic carbocycles. The van der Waals surface area contributed by atoms with Gasteiger partial charge in [-0.15, -0.1) is 0 Å². The van der Waals surface area contributed by atoms with Crippen LogP contribution in [0, 0.1) is 13.8 Å². The number of rotatable bonds is 5. The van der Waals surface area contributed by atoms with E-state index in [0.29, 0.717) is 5.25 Å². The van der Waals surface area contributed by atoms with Crippen LogP contribution in [0.4, 0.5) is 0 Å². The SMILES string of the molecule is CNCC(Sc1nc(C)cc(C)n1)c1ccccc1. The van der Waals surface area contributed by atoms with Crippen molar-refractivity contribution in [1.82, 2.24) is 15.3 Å². The van der Waals surface area contributed by atoms with E-state index in [9.17, 15) is 0 Å². The summed E-state index contributed by atoms with van der Waals surface area (Å²) in [6, 6.07) is 12.5. The van der Waals surface area contributed by atoms with Gasteiger partial charge in [0.15, 0.2) is 5.16 Å². The maximum Gasteiger partial charge on any atom is 0.188 e. The Kier molecular flexibility index (Phi) is 4.93. The molecule has 1 aromatic heterocycles. The van der Waals surface area contributed by atoms with E-state index >= 15 is 0 Å². The van der Waals surface area contributed by atoms with Gasteiger partial charge < -0.3 is 5.32 Å². The molecule has 1 heterocycles. The summed E-state index contributed by atoms with van der Waals surface area (Å²) in [6.45, 7) is 4.91. The van der Waals surface area contributed by atoms with Gasteiger partial charge in [-0.2, -0.15) is 0 Å². The van der Waals surface area contributed by atoms with Gasteiger partial charge in [-0.3, -0.25) is 0 Å². The first-order valence-electron chi connectivity index (χ1n) is 6.37. The van der Waals surface area contributed by atoms with Crippen molar-refractivity contribution in [3.63, 3.8) is 0 Å². The van der Waals surface area contributed by atoms with E-state index in [1.54, 1.807) is 11.8 Å². The number of aryl methyl sites for hydroxylation is 2. The van der Waals surface area contributed by atoms with Crippen molar-refractivity contribution in [3.8, 4) is 0 Å². The molecule has 4 heteroatoms. The zero-order chi connectivity index (χ0) is 13.7. The van der Waals surface area contributed by atoms with Gasteiger partial charge in [0.25, 0.3) is 0 Å². The van der Waals surface area contributed by atoms with Crippen LogP contribution in [0.25, 0.3) is 0 Å². The molecule has 1 aromatic carbocycles. The summed E-state index contributed by atoms with van der Waals surface area (Å²) in [7, 11) is 1.97. The summed E-state index contributed by atoms with van der Waals surface area (Å²) in [5, 5.41) is 4.41. The molecule has 0 bridgehead atoms. The first-order valence-corrected chi connectivity index (χ1v) is 7.25. The van der Waals surface area contributed by atoms with E-state index in [4.69, 9.17) is 0 Å². The van der Waals surface area contributed by atoms with Crippen LogP contribution in [-0.2, 0) is 0 Å². The second kappa shape index (κ2) is 6.68. The number of hydrogen-bond donors (Lipinski definition) is 1. The standard InChI is InChI=1S/C15H19N3S/c1-11-9-12(2)18-15(17-11)19-14(10-16-3)13-7-5-4-6-8-13/h4-9,14,16H,10H2,1-3H3. The Hall–Kier alpha value is -1.39. The lowest BCUT2D eigenvalue weighted by Crippen LogP contribution is -2.15. The summed E-state index contributed by atoms with van der Waals surface area (Å²) in [4.78, 5) is 9.01. The molecule has 3 nitrogen and oxygen atoms in total. The van der Waals surface area contributed by atoms with Gasteiger partial charge in [-0.1, -0.05) is 42.1 Å². The lowest BCUT2D eigenvalue weighted by atomic mass is 10.1. The van der Waals surface area contributed by atoms with Crippen LogP contribution in [-0.4, -0.2) is 23.6 Å².